The van der Waals surface area contributed by atoms with Crippen molar-refractivity contribution in [2.75, 3.05) is 13.1 Å². The number of carbonyl (C=O) groups is 1. The molecule has 0 radical (unpaired) electrons. The van der Waals surface area contributed by atoms with Gasteiger partial charge >= 0.3 is 6.03 Å². The number of nitrogens with zero attached hydrogens (tertiary/aromatic N) is 2. The molecular weight excluding hydrogens is 310 g/mol. The fourth-order valence-corrected chi connectivity index (χ4v) is 3.58. The second-order valence-electron chi connectivity index (χ2n) is 5.58. The van der Waals surface area contributed by atoms with Gasteiger partial charge in [-0.25, -0.2) is 4.79 Å². The molecular formula is C17H21N3O2S. The minimum Gasteiger partial charge on any atom is -0.488 e. The number of likely N-dealkylation sites (tertiary alicyclic amines) is 1. The van der Waals surface area contributed by atoms with Crippen LogP contribution in [0.3, 0.4) is 0 Å². The van der Waals surface area contributed by atoms with Gasteiger partial charge in [-0.15, -0.1) is 11.3 Å². The average molecular weight is 331 g/mol. The molecule has 6 heteroatoms. The third kappa shape index (κ3) is 4.01. The Morgan fingerprint density at radius 1 is 1.48 bits per heavy atom. The molecule has 0 bridgehead atoms. The molecule has 2 amide bonds. The van der Waals surface area contributed by atoms with Gasteiger partial charge in [-0.3, -0.25) is 4.98 Å². The molecule has 1 fully saturated rings. The maximum Gasteiger partial charge on any atom is 0.318 e. The van der Waals surface area contributed by atoms with E-state index >= 15 is 0 Å². The van der Waals surface area contributed by atoms with Gasteiger partial charge in [0.25, 0.3) is 0 Å². The van der Waals surface area contributed by atoms with E-state index in [4.69, 9.17) is 4.74 Å². The minimum atomic E-state index is -0.00826. The lowest BCUT2D eigenvalue weighted by Crippen LogP contribution is -2.40. The van der Waals surface area contributed by atoms with Crippen LogP contribution in [0.25, 0.3) is 0 Å². The van der Waals surface area contributed by atoms with Gasteiger partial charge in [0.1, 0.15) is 11.9 Å². The van der Waals surface area contributed by atoms with Crippen molar-refractivity contribution in [3.8, 4) is 5.75 Å². The van der Waals surface area contributed by atoms with Gasteiger partial charge in [0.15, 0.2) is 0 Å². The SMILES string of the molecule is CC[C@@H](NC(=O)N1CC[C@@H](Oc2ccncc2)C1)c1cccs1. The molecule has 2 atom stereocenters. The Hall–Kier alpha value is -2.08. The summed E-state index contributed by atoms with van der Waals surface area (Å²) in [7, 11) is 0. The van der Waals surface area contributed by atoms with Crippen LogP contribution in [-0.4, -0.2) is 35.1 Å². The first kappa shape index (κ1) is 15.8. The Balaban J connectivity index is 1.53. The molecule has 23 heavy (non-hydrogen) atoms. The number of aromatic nitrogens is 1. The quantitative estimate of drug-likeness (QED) is 0.913. The van der Waals surface area contributed by atoms with Crippen molar-refractivity contribution in [2.45, 2.75) is 31.9 Å². The van der Waals surface area contributed by atoms with E-state index in [0.29, 0.717) is 6.54 Å². The van der Waals surface area contributed by atoms with Crippen LogP contribution < -0.4 is 10.1 Å². The molecule has 0 unspecified atom stereocenters. The molecule has 3 rings (SSSR count). The van der Waals surface area contributed by atoms with E-state index in [1.54, 1.807) is 23.7 Å². The van der Waals surface area contributed by atoms with Crippen LogP contribution in [0.1, 0.15) is 30.7 Å². The van der Waals surface area contributed by atoms with Gasteiger partial charge in [0, 0.05) is 30.2 Å². The lowest BCUT2D eigenvalue weighted by Gasteiger charge is -2.22. The van der Waals surface area contributed by atoms with Crippen LogP contribution in [0.2, 0.25) is 0 Å². The number of thiophene rings is 1. The van der Waals surface area contributed by atoms with Crippen LogP contribution in [0.4, 0.5) is 4.79 Å². The molecule has 1 aliphatic rings. The molecule has 3 heterocycles. The summed E-state index contributed by atoms with van der Waals surface area (Å²) in [6.45, 7) is 3.43. The smallest absolute Gasteiger partial charge is 0.318 e. The van der Waals surface area contributed by atoms with E-state index in [1.807, 2.05) is 28.5 Å². The zero-order valence-corrected chi connectivity index (χ0v) is 14.0. The van der Waals surface area contributed by atoms with Crippen LogP contribution in [0, 0.1) is 0 Å². The lowest BCUT2D eigenvalue weighted by atomic mass is 10.2. The number of hydrogen-bond donors (Lipinski definition) is 1. The fraction of sp³-hybridized carbons (Fsp3) is 0.412. The number of amides is 2. The molecule has 0 saturated carbocycles. The van der Waals surface area contributed by atoms with Crippen molar-refractivity contribution in [3.63, 3.8) is 0 Å². The van der Waals surface area contributed by atoms with Gasteiger partial charge in [-0.2, -0.15) is 0 Å². The van der Waals surface area contributed by atoms with Crippen LogP contribution in [0.15, 0.2) is 42.0 Å². The highest BCUT2D eigenvalue weighted by atomic mass is 32.1. The van der Waals surface area contributed by atoms with Crippen molar-refractivity contribution < 1.29 is 9.53 Å². The summed E-state index contributed by atoms with van der Waals surface area (Å²) in [6, 6.07) is 7.84. The topological polar surface area (TPSA) is 54.5 Å². The predicted molar refractivity (Wildman–Crippen MR) is 90.7 cm³/mol. The Morgan fingerprint density at radius 2 is 2.30 bits per heavy atom. The predicted octanol–water partition coefficient (Wildman–Crippen LogP) is 3.46. The Kier molecular flexibility index (Phi) is 5.12. The Morgan fingerprint density at radius 3 is 3.00 bits per heavy atom. The molecule has 5 nitrogen and oxygen atoms in total. The van der Waals surface area contributed by atoms with Gasteiger partial charge in [-0.05, 0) is 30.0 Å². The molecule has 122 valence electrons. The van der Waals surface area contributed by atoms with Crippen molar-refractivity contribution in [1.82, 2.24) is 15.2 Å². The minimum absolute atomic E-state index is 0.00826. The first-order chi connectivity index (χ1) is 11.3. The van der Waals surface area contributed by atoms with E-state index in [0.717, 1.165) is 25.1 Å². The standard InChI is InChI=1S/C17H21N3O2S/c1-2-15(16-4-3-11-23-16)19-17(21)20-10-7-14(12-20)22-13-5-8-18-9-6-13/h3-6,8-9,11,14-15H,2,7,10,12H2,1H3,(H,19,21)/t14-,15-/m1/s1. The maximum atomic E-state index is 12.5. The first-order valence-corrected chi connectivity index (χ1v) is 8.79. The second-order valence-corrected chi connectivity index (χ2v) is 6.56. The summed E-state index contributed by atoms with van der Waals surface area (Å²) < 4.78 is 5.90. The van der Waals surface area contributed by atoms with Crippen molar-refractivity contribution in [2.24, 2.45) is 0 Å². The van der Waals surface area contributed by atoms with Crippen LogP contribution in [-0.2, 0) is 0 Å². The summed E-state index contributed by atoms with van der Waals surface area (Å²) in [5.41, 5.74) is 0. The van der Waals surface area contributed by atoms with Gasteiger partial charge < -0.3 is 15.0 Å². The number of pyridine rings is 1. The average Bonchev–Trinajstić information content (AvgIpc) is 3.25. The normalized spacial score (nSPS) is 18.7. The molecule has 0 aliphatic carbocycles. The molecule has 0 aromatic carbocycles. The van der Waals surface area contributed by atoms with Gasteiger partial charge in [-0.1, -0.05) is 13.0 Å². The number of ether oxygens (including phenoxy) is 1. The van der Waals surface area contributed by atoms with Gasteiger partial charge in [0.05, 0.1) is 12.6 Å². The van der Waals surface area contributed by atoms with Crippen molar-refractivity contribution in [1.29, 1.82) is 0 Å². The summed E-state index contributed by atoms with van der Waals surface area (Å²) >= 11 is 1.68. The lowest BCUT2D eigenvalue weighted by molar-refractivity contribution is 0.184. The van der Waals surface area contributed by atoms with Gasteiger partial charge in [0.2, 0.25) is 0 Å². The number of carbonyl (C=O) groups excluding carboxylic acids is 1. The first-order valence-electron chi connectivity index (χ1n) is 7.91. The molecule has 1 N–H and O–H groups in total. The number of urea groups is 1. The molecule has 1 saturated heterocycles. The largest absolute Gasteiger partial charge is 0.488 e. The molecule has 2 aromatic heterocycles. The second kappa shape index (κ2) is 7.46. The van der Waals surface area contributed by atoms with E-state index in [1.165, 1.54) is 4.88 Å². The van der Waals surface area contributed by atoms with E-state index in [9.17, 15) is 4.79 Å². The summed E-state index contributed by atoms with van der Waals surface area (Å²) in [4.78, 5) is 19.5. The molecule has 0 spiro atoms. The highest BCUT2D eigenvalue weighted by molar-refractivity contribution is 7.10. The molecule has 1 aliphatic heterocycles. The maximum absolute atomic E-state index is 12.5. The van der Waals surface area contributed by atoms with E-state index in [-0.39, 0.29) is 18.2 Å². The monoisotopic (exact) mass is 331 g/mol. The van der Waals surface area contributed by atoms with E-state index < -0.39 is 0 Å². The third-order valence-electron chi connectivity index (χ3n) is 3.98. The highest BCUT2D eigenvalue weighted by Gasteiger charge is 2.28. The van der Waals surface area contributed by atoms with Crippen LogP contribution in [0.5, 0.6) is 5.75 Å². The third-order valence-corrected chi connectivity index (χ3v) is 4.96. The Labute approximate surface area is 140 Å². The number of hydrogen-bond acceptors (Lipinski definition) is 4. The Bertz CT molecular complexity index is 618. The zero-order chi connectivity index (χ0) is 16.1. The van der Waals surface area contributed by atoms with Crippen LogP contribution >= 0.6 is 11.3 Å². The molecule has 2 aromatic rings. The summed E-state index contributed by atoms with van der Waals surface area (Å²) in [5, 5.41) is 5.17. The van der Waals surface area contributed by atoms with E-state index in [2.05, 4.69) is 23.3 Å². The number of rotatable bonds is 5. The summed E-state index contributed by atoms with van der Waals surface area (Å²) in [6.07, 6.45) is 5.20. The zero-order valence-electron chi connectivity index (χ0n) is 13.1. The fourth-order valence-electron chi connectivity index (χ4n) is 2.72. The summed E-state index contributed by atoms with van der Waals surface area (Å²) in [5.74, 6) is 0.803. The van der Waals surface area contributed by atoms with Crippen molar-refractivity contribution in [3.05, 3.63) is 46.9 Å². The van der Waals surface area contributed by atoms with Crippen molar-refractivity contribution >= 4 is 17.4 Å². The highest BCUT2D eigenvalue weighted by Crippen LogP contribution is 2.23. The number of nitrogens with one attached hydrogen (secondary N) is 1.